The number of anilines is 1. The van der Waals surface area contributed by atoms with E-state index in [1.54, 1.807) is 24.1 Å². The van der Waals surface area contributed by atoms with E-state index in [1.807, 2.05) is 30.3 Å². The van der Waals surface area contributed by atoms with Gasteiger partial charge in [0.05, 0.1) is 18.4 Å². The first-order valence-electron chi connectivity index (χ1n) is 7.97. The molecule has 0 spiro atoms. The molecule has 0 radical (unpaired) electrons. The van der Waals surface area contributed by atoms with Gasteiger partial charge in [0, 0.05) is 19.7 Å². The van der Waals surface area contributed by atoms with Crippen molar-refractivity contribution in [3.8, 4) is 0 Å². The molecule has 1 aliphatic rings. The fraction of sp³-hybridized carbons (Fsp3) is 0.294. The molecule has 2 aromatic rings. The minimum absolute atomic E-state index is 0.130. The maximum absolute atomic E-state index is 12.4. The largest absolute Gasteiger partial charge is 0.326 e. The van der Waals surface area contributed by atoms with Crippen LogP contribution in [-0.2, 0) is 23.2 Å². The van der Waals surface area contributed by atoms with Crippen molar-refractivity contribution in [2.45, 2.75) is 25.4 Å². The summed E-state index contributed by atoms with van der Waals surface area (Å²) in [6.45, 7) is 0.226. The zero-order valence-electron chi connectivity index (χ0n) is 13.8. The van der Waals surface area contributed by atoms with E-state index in [9.17, 15) is 14.4 Å². The van der Waals surface area contributed by atoms with Gasteiger partial charge in [-0.25, -0.2) is 4.79 Å². The van der Waals surface area contributed by atoms with Crippen molar-refractivity contribution < 1.29 is 14.4 Å². The highest BCUT2D eigenvalue weighted by atomic mass is 16.2. The molecule has 0 saturated carbocycles. The summed E-state index contributed by atoms with van der Waals surface area (Å²) in [7, 11) is 1.75. The van der Waals surface area contributed by atoms with E-state index in [-0.39, 0.29) is 31.2 Å². The first-order chi connectivity index (χ1) is 12.0. The van der Waals surface area contributed by atoms with Crippen molar-refractivity contribution in [1.29, 1.82) is 0 Å². The van der Waals surface area contributed by atoms with E-state index in [0.717, 1.165) is 5.56 Å². The average Bonchev–Trinajstić information content (AvgIpc) is 3.11. The lowest BCUT2D eigenvalue weighted by Crippen LogP contribution is -2.31. The third-order valence-electron chi connectivity index (χ3n) is 3.94. The molecule has 0 bridgehead atoms. The number of hydrogen-bond donors (Lipinski definition) is 2. The normalized spacial score (nSPS) is 16.8. The van der Waals surface area contributed by atoms with Gasteiger partial charge in [0.25, 0.3) is 5.91 Å². The summed E-state index contributed by atoms with van der Waals surface area (Å²) in [5.41, 5.74) is 1.47. The summed E-state index contributed by atoms with van der Waals surface area (Å²) in [6, 6.07) is 8.20. The van der Waals surface area contributed by atoms with E-state index in [4.69, 9.17) is 0 Å². The van der Waals surface area contributed by atoms with E-state index in [1.165, 1.54) is 4.90 Å². The second-order valence-electron chi connectivity index (χ2n) is 5.90. The summed E-state index contributed by atoms with van der Waals surface area (Å²) in [5.74, 6) is -0.528. The molecule has 4 amide bonds. The number of aromatic nitrogens is 2. The lowest BCUT2D eigenvalue weighted by Gasteiger charge is -2.13. The number of urea groups is 1. The molecule has 0 unspecified atom stereocenters. The van der Waals surface area contributed by atoms with E-state index in [0.29, 0.717) is 5.69 Å². The first kappa shape index (κ1) is 16.7. The van der Waals surface area contributed by atoms with Crippen LogP contribution in [-0.4, -0.2) is 38.6 Å². The van der Waals surface area contributed by atoms with Crippen molar-refractivity contribution in [2.75, 3.05) is 5.32 Å². The van der Waals surface area contributed by atoms with Crippen LogP contribution in [0.5, 0.6) is 0 Å². The Bertz CT molecular complexity index is 787. The lowest BCUT2D eigenvalue weighted by atomic mass is 10.1. The summed E-state index contributed by atoms with van der Waals surface area (Å²) < 4.78 is 1.58. The SMILES string of the molecule is Cn1cc(NC(=O)CC[C@H]2NC(=O)N(Cc3ccccc3)C2=O)cn1. The van der Waals surface area contributed by atoms with Crippen LogP contribution in [0, 0.1) is 0 Å². The molecule has 1 saturated heterocycles. The fourth-order valence-electron chi connectivity index (χ4n) is 2.67. The number of hydrogen-bond acceptors (Lipinski definition) is 4. The number of amides is 4. The zero-order valence-corrected chi connectivity index (χ0v) is 13.8. The highest BCUT2D eigenvalue weighted by molar-refractivity contribution is 6.04. The lowest BCUT2D eigenvalue weighted by molar-refractivity contribution is -0.128. The van der Waals surface area contributed by atoms with Gasteiger partial charge in [-0.2, -0.15) is 5.10 Å². The molecule has 2 heterocycles. The number of carbonyl (C=O) groups is 3. The molecule has 1 atom stereocenters. The number of aryl methyl sites for hydroxylation is 1. The molecular weight excluding hydrogens is 322 g/mol. The predicted molar refractivity (Wildman–Crippen MR) is 90.4 cm³/mol. The Labute approximate surface area is 144 Å². The maximum atomic E-state index is 12.4. The highest BCUT2D eigenvalue weighted by Crippen LogP contribution is 2.15. The minimum atomic E-state index is -0.670. The topological polar surface area (TPSA) is 96.3 Å². The molecule has 1 fully saturated rings. The molecule has 25 heavy (non-hydrogen) atoms. The van der Waals surface area contributed by atoms with Gasteiger partial charge in [-0.15, -0.1) is 0 Å². The van der Waals surface area contributed by atoms with Crippen LogP contribution in [0.15, 0.2) is 42.7 Å². The molecule has 8 heteroatoms. The highest BCUT2D eigenvalue weighted by Gasteiger charge is 2.37. The van der Waals surface area contributed by atoms with Crippen LogP contribution < -0.4 is 10.6 Å². The Hall–Kier alpha value is -3.16. The van der Waals surface area contributed by atoms with Gasteiger partial charge in [-0.3, -0.25) is 19.2 Å². The van der Waals surface area contributed by atoms with Crippen LogP contribution in [0.4, 0.5) is 10.5 Å². The van der Waals surface area contributed by atoms with Crippen LogP contribution in [0.1, 0.15) is 18.4 Å². The van der Waals surface area contributed by atoms with E-state index < -0.39 is 12.1 Å². The van der Waals surface area contributed by atoms with Crippen LogP contribution in [0.2, 0.25) is 0 Å². The number of nitrogens with zero attached hydrogens (tertiary/aromatic N) is 3. The van der Waals surface area contributed by atoms with Gasteiger partial charge < -0.3 is 10.6 Å². The number of nitrogens with one attached hydrogen (secondary N) is 2. The van der Waals surface area contributed by atoms with Crippen molar-refractivity contribution in [3.05, 3.63) is 48.3 Å². The molecule has 1 aromatic carbocycles. The maximum Gasteiger partial charge on any atom is 0.325 e. The Morgan fingerprint density at radius 3 is 2.72 bits per heavy atom. The number of imide groups is 1. The van der Waals surface area contributed by atoms with Crippen LogP contribution in [0.25, 0.3) is 0 Å². The summed E-state index contributed by atoms with van der Waals surface area (Å²) in [6.07, 6.45) is 3.61. The molecule has 0 aliphatic carbocycles. The number of benzene rings is 1. The molecule has 1 aromatic heterocycles. The monoisotopic (exact) mass is 341 g/mol. The van der Waals surface area contributed by atoms with E-state index >= 15 is 0 Å². The van der Waals surface area contributed by atoms with Gasteiger partial charge in [-0.1, -0.05) is 30.3 Å². The summed E-state index contributed by atoms with van der Waals surface area (Å²) in [4.78, 5) is 37.5. The van der Waals surface area contributed by atoms with Gasteiger partial charge in [0.2, 0.25) is 5.91 Å². The second kappa shape index (κ2) is 7.16. The Balaban J connectivity index is 1.52. The standard InChI is InChI=1S/C17H19N5O3/c1-21-11-13(9-18-21)19-15(23)8-7-14-16(24)22(17(25)20-14)10-12-5-3-2-4-6-12/h2-6,9,11,14H,7-8,10H2,1H3,(H,19,23)(H,20,25)/t14-/m1/s1. The van der Waals surface area contributed by atoms with Crippen molar-refractivity contribution in [1.82, 2.24) is 20.0 Å². The third-order valence-corrected chi connectivity index (χ3v) is 3.94. The van der Waals surface area contributed by atoms with Crippen molar-refractivity contribution in [2.24, 2.45) is 7.05 Å². The molecule has 1 aliphatic heterocycles. The minimum Gasteiger partial charge on any atom is -0.326 e. The van der Waals surface area contributed by atoms with Crippen LogP contribution in [0.3, 0.4) is 0 Å². The fourth-order valence-corrected chi connectivity index (χ4v) is 2.67. The molecule has 130 valence electrons. The Morgan fingerprint density at radius 2 is 2.04 bits per heavy atom. The Morgan fingerprint density at radius 1 is 1.28 bits per heavy atom. The molecule has 3 rings (SSSR count). The first-order valence-corrected chi connectivity index (χ1v) is 7.97. The van der Waals surface area contributed by atoms with Crippen LogP contribution >= 0.6 is 0 Å². The second-order valence-corrected chi connectivity index (χ2v) is 5.90. The predicted octanol–water partition coefficient (Wildman–Crippen LogP) is 1.26. The number of rotatable bonds is 6. The molecule has 8 nitrogen and oxygen atoms in total. The molecule has 2 N–H and O–H groups in total. The Kier molecular flexibility index (Phi) is 4.78. The van der Waals surface area contributed by atoms with Gasteiger partial charge >= 0.3 is 6.03 Å². The van der Waals surface area contributed by atoms with Gasteiger partial charge in [-0.05, 0) is 12.0 Å². The van der Waals surface area contributed by atoms with Gasteiger partial charge in [0.15, 0.2) is 0 Å². The van der Waals surface area contributed by atoms with Gasteiger partial charge in [0.1, 0.15) is 6.04 Å². The smallest absolute Gasteiger partial charge is 0.325 e. The summed E-state index contributed by atoms with van der Waals surface area (Å²) >= 11 is 0. The summed E-state index contributed by atoms with van der Waals surface area (Å²) in [5, 5.41) is 9.31. The van der Waals surface area contributed by atoms with E-state index in [2.05, 4.69) is 15.7 Å². The zero-order chi connectivity index (χ0) is 17.8. The molecular formula is C17H19N5O3. The average molecular weight is 341 g/mol. The third kappa shape index (κ3) is 4.03. The van der Waals surface area contributed by atoms with Crippen molar-refractivity contribution in [3.63, 3.8) is 0 Å². The van der Waals surface area contributed by atoms with Crippen molar-refractivity contribution >= 4 is 23.5 Å². The quantitative estimate of drug-likeness (QED) is 0.773. The number of carbonyl (C=O) groups excluding carboxylic acids is 3.